The molecular formula is C18H27N3. The van der Waals surface area contributed by atoms with E-state index in [1.165, 1.54) is 25.1 Å². The lowest BCUT2D eigenvalue weighted by atomic mass is 10.1. The van der Waals surface area contributed by atoms with E-state index in [1.54, 1.807) is 0 Å². The van der Waals surface area contributed by atoms with Crippen molar-refractivity contribution >= 4 is 0 Å². The first-order valence-corrected chi connectivity index (χ1v) is 7.97. The summed E-state index contributed by atoms with van der Waals surface area (Å²) in [6.45, 7) is 10.7. The predicted molar refractivity (Wildman–Crippen MR) is 89.0 cm³/mol. The molecular weight excluding hydrogens is 258 g/mol. The van der Waals surface area contributed by atoms with Crippen LogP contribution in [0.5, 0.6) is 0 Å². The molecule has 1 saturated heterocycles. The maximum Gasteiger partial charge on any atom is 0.0555 e. The summed E-state index contributed by atoms with van der Waals surface area (Å²) in [6.07, 6.45) is 1.24. The summed E-state index contributed by atoms with van der Waals surface area (Å²) in [4.78, 5) is 5.13. The quantitative estimate of drug-likeness (QED) is 0.858. The van der Waals surface area contributed by atoms with E-state index in [-0.39, 0.29) is 0 Å². The number of hydrogen-bond acceptors (Lipinski definition) is 3. The lowest BCUT2D eigenvalue weighted by Gasteiger charge is -2.37. The second kappa shape index (κ2) is 8.19. The molecule has 1 unspecified atom stereocenters. The first kappa shape index (κ1) is 16.0. The second-order valence-electron chi connectivity index (χ2n) is 5.78. The standard InChI is InChI=1S/C18H27N3/c1-3-16(2)21-12-10-20(11-13-21)15-18-7-4-6-17(14-18)8-5-9-19/h4,6-7,14,16H,3,9-13,15,19H2,1-2H3. The van der Waals surface area contributed by atoms with Gasteiger partial charge in [0, 0.05) is 44.3 Å². The fourth-order valence-electron chi connectivity index (χ4n) is 2.78. The van der Waals surface area contributed by atoms with Crippen molar-refractivity contribution in [1.29, 1.82) is 0 Å². The van der Waals surface area contributed by atoms with Crippen LogP contribution < -0.4 is 5.73 Å². The largest absolute Gasteiger partial charge is 0.320 e. The van der Waals surface area contributed by atoms with Crippen molar-refractivity contribution in [2.24, 2.45) is 5.73 Å². The third-order valence-electron chi connectivity index (χ3n) is 4.29. The smallest absolute Gasteiger partial charge is 0.0555 e. The molecule has 0 bridgehead atoms. The minimum absolute atomic E-state index is 0.418. The number of rotatable bonds is 4. The monoisotopic (exact) mass is 285 g/mol. The lowest BCUT2D eigenvalue weighted by Crippen LogP contribution is -2.48. The molecule has 1 heterocycles. The van der Waals surface area contributed by atoms with Gasteiger partial charge in [-0.15, -0.1) is 0 Å². The van der Waals surface area contributed by atoms with Gasteiger partial charge in [0.25, 0.3) is 0 Å². The highest BCUT2D eigenvalue weighted by atomic mass is 15.3. The van der Waals surface area contributed by atoms with Crippen molar-refractivity contribution in [3.8, 4) is 11.8 Å². The molecule has 3 heteroatoms. The molecule has 0 aromatic heterocycles. The average molecular weight is 285 g/mol. The number of nitrogens with two attached hydrogens (primary N) is 1. The second-order valence-corrected chi connectivity index (χ2v) is 5.78. The van der Waals surface area contributed by atoms with Crippen molar-refractivity contribution in [3.05, 3.63) is 35.4 Å². The molecule has 1 aromatic carbocycles. The van der Waals surface area contributed by atoms with Crippen molar-refractivity contribution in [1.82, 2.24) is 9.80 Å². The van der Waals surface area contributed by atoms with Gasteiger partial charge in [0.05, 0.1) is 6.54 Å². The van der Waals surface area contributed by atoms with Crippen LogP contribution in [-0.2, 0) is 6.54 Å². The van der Waals surface area contributed by atoms with Crippen LogP contribution in [0.2, 0.25) is 0 Å². The molecule has 1 aliphatic rings. The summed E-state index contributed by atoms with van der Waals surface area (Å²) >= 11 is 0. The van der Waals surface area contributed by atoms with E-state index >= 15 is 0 Å². The summed E-state index contributed by atoms with van der Waals surface area (Å²) in [7, 11) is 0. The third-order valence-corrected chi connectivity index (χ3v) is 4.29. The summed E-state index contributed by atoms with van der Waals surface area (Å²) < 4.78 is 0. The number of hydrogen-bond donors (Lipinski definition) is 1. The summed E-state index contributed by atoms with van der Waals surface area (Å²) in [5.41, 5.74) is 7.84. The highest BCUT2D eigenvalue weighted by Crippen LogP contribution is 2.12. The molecule has 3 nitrogen and oxygen atoms in total. The van der Waals surface area contributed by atoms with Crippen LogP contribution >= 0.6 is 0 Å². The molecule has 2 N–H and O–H groups in total. The van der Waals surface area contributed by atoms with Gasteiger partial charge in [0.15, 0.2) is 0 Å². The van der Waals surface area contributed by atoms with E-state index in [9.17, 15) is 0 Å². The summed E-state index contributed by atoms with van der Waals surface area (Å²) in [5, 5.41) is 0. The molecule has 0 aliphatic carbocycles. The Morgan fingerprint density at radius 3 is 2.67 bits per heavy atom. The number of benzene rings is 1. The molecule has 1 atom stereocenters. The van der Waals surface area contributed by atoms with Crippen molar-refractivity contribution in [3.63, 3.8) is 0 Å². The van der Waals surface area contributed by atoms with E-state index in [1.807, 2.05) is 6.07 Å². The summed E-state index contributed by atoms with van der Waals surface area (Å²) in [5.74, 6) is 6.03. The van der Waals surface area contributed by atoms with Gasteiger partial charge < -0.3 is 5.73 Å². The van der Waals surface area contributed by atoms with Crippen molar-refractivity contribution in [2.75, 3.05) is 32.7 Å². The highest BCUT2D eigenvalue weighted by Gasteiger charge is 2.19. The minimum Gasteiger partial charge on any atom is -0.320 e. The maximum absolute atomic E-state index is 5.43. The van der Waals surface area contributed by atoms with Crippen LogP contribution in [-0.4, -0.2) is 48.6 Å². The van der Waals surface area contributed by atoms with Crippen LogP contribution in [0.25, 0.3) is 0 Å². The topological polar surface area (TPSA) is 32.5 Å². The average Bonchev–Trinajstić information content (AvgIpc) is 2.53. The highest BCUT2D eigenvalue weighted by molar-refractivity contribution is 5.37. The van der Waals surface area contributed by atoms with Gasteiger partial charge in [-0.05, 0) is 31.0 Å². The van der Waals surface area contributed by atoms with Gasteiger partial charge in [-0.2, -0.15) is 0 Å². The molecule has 1 aliphatic heterocycles. The van der Waals surface area contributed by atoms with Crippen molar-refractivity contribution < 1.29 is 0 Å². The maximum atomic E-state index is 5.43. The summed E-state index contributed by atoms with van der Waals surface area (Å²) in [6, 6.07) is 9.22. The van der Waals surface area contributed by atoms with Crippen LogP contribution in [0.1, 0.15) is 31.4 Å². The van der Waals surface area contributed by atoms with Crippen LogP contribution in [0, 0.1) is 11.8 Å². The Morgan fingerprint density at radius 1 is 1.24 bits per heavy atom. The number of piperazine rings is 1. The van der Waals surface area contributed by atoms with Crippen molar-refractivity contribution in [2.45, 2.75) is 32.9 Å². The fraction of sp³-hybridized carbons (Fsp3) is 0.556. The van der Waals surface area contributed by atoms with E-state index in [0.717, 1.165) is 25.2 Å². The predicted octanol–water partition coefficient (Wildman–Crippen LogP) is 1.91. The van der Waals surface area contributed by atoms with Gasteiger partial charge in [-0.1, -0.05) is 30.9 Å². The Morgan fingerprint density at radius 2 is 2.00 bits per heavy atom. The molecule has 21 heavy (non-hydrogen) atoms. The Hall–Kier alpha value is -1.34. The molecule has 114 valence electrons. The zero-order valence-corrected chi connectivity index (χ0v) is 13.3. The van der Waals surface area contributed by atoms with Gasteiger partial charge in [-0.25, -0.2) is 0 Å². The zero-order chi connectivity index (χ0) is 15.1. The molecule has 1 fully saturated rings. The van der Waals surface area contributed by atoms with Gasteiger partial charge in [-0.3, -0.25) is 9.80 Å². The van der Waals surface area contributed by atoms with E-state index in [0.29, 0.717) is 12.6 Å². The van der Waals surface area contributed by atoms with Crippen LogP contribution in [0.3, 0.4) is 0 Å². The number of nitrogens with zero attached hydrogens (tertiary/aromatic N) is 2. The third kappa shape index (κ3) is 4.86. The Kier molecular flexibility index (Phi) is 6.25. The Bertz CT molecular complexity index is 493. The fourth-order valence-corrected chi connectivity index (χ4v) is 2.78. The minimum atomic E-state index is 0.418. The molecule has 0 amide bonds. The zero-order valence-electron chi connectivity index (χ0n) is 13.3. The Balaban J connectivity index is 1.89. The van der Waals surface area contributed by atoms with Gasteiger partial charge in [0.2, 0.25) is 0 Å². The molecule has 2 rings (SSSR count). The molecule has 0 spiro atoms. The normalized spacial score (nSPS) is 18.0. The van der Waals surface area contributed by atoms with Gasteiger partial charge >= 0.3 is 0 Å². The lowest BCUT2D eigenvalue weighted by molar-refractivity contribution is 0.0964. The first-order valence-electron chi connectivity index (χ1n) is 7.97. The van der Waals surface area contributed by atoms with E-state index in [4.69, 9.17) is 5.73 Å². The SMILES string of the molecule is CCC(C)N1CCN(Cc2cccc(C#CCN)c2)CC1. The van der Waals surface area contributed by atoms with E-state index < -0.39 is 0 Å². The molecule has 1 aromatic rings. The molecule has 0 saturated carbocycles. The molecule has 0 radical (unpaired) electrons. The van der Waals surface area contributed by atoms with Crippen LogP contribution in [0.15, 0.2) is 24.3 Å². The first-order chi connectivity index (χ1) is 10.2. The van der Waals surface area contributed by atoms with E-state index in [2.05, 4.69) is 53.7 Å². The Labute approximate surface area is 129 Å². The van der Waals surface area contributed by atoms with Crippen LogP contribution in [0.4, 0.5) is 0 Å². The van der Waals surface area contributed by atoms with Gasteiger partial charge in [0.1, 0.15) is 0 Å².